The summed E-state index contributed by atoms with van der Waals surface area (Å²) in [7, 11) is 0. The van der Waals surface area contributed by atoms with Gasteiger partial charge in [-0.3, -0.25) is 10.2 Å². The summed E-state index contributed by atoms with van der Waals surface area (Å²) in [6.07, 6.45) is 2.74. The van der Waals surface area contributed by atoms with Crippen molar-refractivity contribution >= 4 is 11.9 Å². The number of carbonyl (C=O) groups excluding carboxylic acids is 1. The fourth-order valence-electron chi connectivity index (χ4n) is 4.05. The molecule has 2 unspecified atom stereocenters. The molecule has 0 spiro atoms. The number of nitrogens with one attached hydrogen (secondary N) is 3. The summed E-state index contributed by atoms with van der Waals surface area (Å²) in [5, 5.41) is 22.0. The topological polar surface area (TPSA) is 111 Å². The Morgan fingerprint density at radius 1 is 1.06 bits per heavy atom. The highest BCUT2D eigenvalue weighted by Gasteiger charge is 2.31. The van der Waals surface area contributed by atoms with Gasteiger partial charge in [-0.25, -0.2) is 10.2 Å². The van der Waals surface area contributed by atoms with Crippen molar-refractivity contribution in [3.63, 3.8) is 0 Å². The van der Waals surface area contributed by atoms with Crippen LogP contribution in [0.3, 0.4) is 0 Å². The number of hydrazine groups is 1. The molecule has 3 rings (SSSR count). The highest BCUT2D eigenvalue weighted by molar-refractivity contribution is 5.82. The first kappa shape index (κ1) is 23.9. The van der Waals surface area contributed by atoms with Gasteiger partial charge >= 0.3 is 5.97 Å². The molecule has 2 aromatic carbocycles. The molecular weight excluding hydrogens is 406 g/mol. The van der Waals surface area contributed by atoms with E-state index >= 15 is 0 Å². The fourth-order valence-corrected chi connectivity index (χ4v) is 4.05. The number of amides is 1. The first-order valence-corrected chi connectivity index (χ1v) is 11.3. The molecule has 32 heavy (non-hydrogen) atoms. The maximum atomic E-state index is 12.8. The van der Waals surface area contributed by atoms with Crippen LogP contribution in [0.2, 0.25) is 0 Å². The van der Waals surface area contributed by atoms with Gasteiger partial charge in [0.25, 0.3) is 0 Å². The van der Waals surface area contributed by atoms with Crippen LogP contribution in [0.4, 0.5) is 0 Å². The van der Waals surface area contributed by atoms with Gasteiger partial charge < -0.3 is 15.5 Å². The average molecular weight is 440 g/mol. The lowest BCUT2D eigenvalue weighted by Gasteiger charge is -2.22. The number of carboxylic acids is 1. The van der Waals surface area contributed by atoms with Gasteiger partial charge in [0.15, 0.2) is 6.10 Å². The molecule has 7 heteroatoms. The zero-order chi connectivity index (χ0) is 22.9. The predicted molar refractivity (Wildman–Crippen MR) is 124 cm³/mol. The Balaban J connectivity index is 1.64. The Morgan fingerprint density at radius 3 is 2.41 bits per heavy atom. The third-order valence-corrected chi connectivity index (χ3v) is 5.89. The van der Waals surface area contributed by atoms with Crippen molar-refractivity contribution in [1.29, 1.82) is 0 Å². The molecule has 0 aromatic heterocycles. The number of benzene rings is 2. The van der Waals surface area contributed by atoms with E-state index in [2.05, 4.69) is 23.1 Å². The monoisotopic (exact) mass is 439 g/mol. The number of carbonyl (C=O) groups is 2. The van der Waals surface area contributed by atoms with Gasteiger partial charge in [-0.05, 0) is 36.0 Å². The highest BCUT2D eigenvalue weighted by Crippen LogP contribution is 2.20. The third-order valence-electron chi connectivity index (χ3n) is 5.89. The van der Waals surface area contributed by atoms with Crippen LogP contribution in [0.5, 0.6) is 0 Å². The summed E-state index contributed by atoms with van der Waals surface area (Å²) in [4.78, 5) is 24.0. The van der Waals surface area contributed by atoms with Crippen LogP contribution >= 0.6 is 0 Å². The van der Waals surface area contributed by atoms with Crippen molar-refractivity contribution in [1.82, 2.24) is 16.2 Å². The molecule has 1 aliphatic rings. The van der Waals surface area contributed by atoms with Gasteiger partial charge in [-0.2, -0.15) is 0 Å². The van der Waals surface area contributed by atoms with E-state index in [4.69, 9.17) is 5.11 Å². The SMILES string of the molecule is CCCCC1CC(C(=O)N[C@H](Cc2ccc(-c3ccccc3)cc2)C[C@@H](O)C(=O)O)NN1. The van der Waals surface area contributed by atoms with Crippen molar-refractivity contribution in [3.05, 3.63) is 60.2 Å². The quantitative estimate of drug-likeness (QED) is 0.368. The Labute approximate surface area is 189 Å². The van der Waals surface area contributed by atoms with E-state index in [-0.39, 0.29) is 24.4 Å². The molecule has 1 fully saturated rings. The number of carboxylic acid groups (broad SMARTS) is 1. The number of hydrogen-bond donors (Lipinski definition) is 5. The van der Waals surface area contributed by atoms with Gasteiger partial charge in [-0.1, -0.05) is 74.4 Å². The lowest BCUT2D eigenvalue weighted by atomic mass is 9.97. The molecule has 172 valence electrons. The molecule has 1 saturated heterocycles. The smallest absolute Gasteiger partial charge is 0.332 e. The van der Waals surface area contributed by atoms with E-state index in [9.17, 15) is 14.7 Å². The van der Waals surface area contributed by atoms with Crippen molar-refractivity contribution in [2.24, 2.45) is 0 Å². The van der Waals surface area contributed by atoms with Crippen LogP contribution in [0.1, 0.15) is 44.6 Å². The largest absolute Gasteiger partial charge is 0.479 e. The van der Waals surface area contributed by atoms with Crippen molar-refractivity contribution in [3.8, 4) is 11.1 Å². The molecule has 0 radical (unpaired) electrons. The van der Waals surface area contributed by atoms with Crippen LogP contribution in [0, 0.1) is 0 Å². The predicted octanol–water partition coefficient (Wildman–Crippen LogP) is 2.64. The lowest BCUT2D eigenvalue weighted by molar-refractivity contribution is -0.147. The van der Waals surface area contributed by atoms with Crippen LogP contribution in [0.15, 0.2) is 54.6 Å². The zero-order valence-electron chi connectivity index (χ0n) is 18.5. The summed E-state index contributed by atoms with van der Waals surface area (Å²) in [5.74, 6) is -1.47. The van der Waals surface area contributed by atoms with Crippen LogP contribution in [-0.4, -0.2) is 46.3 Å². The third kappa shape index (κ3) is 6.88. The fraction of sp³-hybridized carbons (Fsp3) is 0.440. The molecule has 0 bridgehead atoms. The lowest BCUT2D eigenvalue weighted by Crippen LogP contribution is -2.49. The molecule has 1 heterocycles. The molecule has 4 atom stereocenters. The first-order valence-electron chi connectivity index (χ1n) is 11.3. The van der Waals surface area contributed by atoms with E-state index < -0.39 is 18.1 Å². The second-order valence-corrected chi connectivity index (χ2v) is 8.48. The van der Waals surface area contributed by atoms with Gasteiger partial charge in [-0.15, -0.1) is 0 Å². The molecule has 7 nitrogen and oxygen atoms in total. The van der Waals surface area contributed by atoms with E-state index in [0.29, 0.717) is 12.8 Å². The molecule has 1 amide bonds. The average Bonchev–Trinajstić information content (AvgIpc) is 3.28. The number of aliphatic carboxylic acids is 1. The molecule has 1 aliphatic heterocycles. The second-order valence-electron chi connectivity index (χ2n) is 8.48. The standard InChI is InChI=1S/C25H33N3O4/c1-2-3-9-20-15-22(28-27-20)24(30)26-21(16-23(29)25(31)32)14-17-10-12-19(13-11-17)18-7-5-4-6-8-18/h4-8,10-13,20-23,27-29H,2-3,9,14-16H2,1H3,(H,26,30)(H,31,32)/t20?,21-,22?,23-/m1/s1. The number of aliphatic hydroxyl groups is 1. The van der Waals surface area contributed by atoms with Crippen LogP contribution in [-0.2, 0) is 16.0 Å². The number of aliphatic hydroxyl groups excluding tert-OH is 1. The summed E-state index contributed by atoms with van der Waals surface area (Å²) in [6, 6.07) is 17.4. The van der Waals surface area contributed by atoms with Crippen molar-refractivity contribution < 1.29 is 19.8 Å². The van der Waals surface area contributed by atoms with Gasteiger partial charge in [0.1, 0.15) is 6.04 Å². The number of rotatable bonds is 11. The Kier molecular flexibility index (Phi) is 8.79. The minimum atomic E-state index is -1.53. The maximum Gasteiger partial charge on any atom is 0.332 e. The number of hydrogen-bond acceptors (Lipinski definition) is 5. The Hall–Kier alpha value is -2.74. The Morgan fingerprint density at radius 2 is 1.75 bits per heavy atom. The van der Waals surface area contributed by atoms with Crippen molar-refractivity contribution in [2.75, 3.05) is 0 Å². The first-order chi connectivity index (χ1) is 15.5. The van der Waals surface area contributed by atoms with E-state index in [1.807, 2.05) is 54.6 Å². The summed E-state index contributed by atoms with van der Waals surface area (Å²) < 4.78 is 0. The van der Waals surface area contributed by atoms with Crippen molar-refractivity contribution in [2.45, 2.75) is 69.7 Å². The van der Waals surface area contributed by atoms with Crippen LogP contribution < -0.4 is 16.2 Å². The Bertz CT molecular complexity index is 873. The summed E-state index contributed by atoms with van der Waals surface area (Å²) >= 11 is 0. The molecular formula is C25H33N3O4. The molecule has 0 aliphatic carbocycles. The number of unbranched alkanes of at least 4 members (excludes halogenated alkanes) is 1. The van der Waals surface area contributed by atoms with Gasteiger partial charge in [0, 0.05) is 18.5 Å². The molecule has 2 aromatic rings. The minimum Gasteiger partial charge on any atom is -0.479 e. The normalized spacial score (nSPS) is 19.9. The molecule has 0 saturated carbocycles. The van der Waals surface area contributed by atoms with Crippen LogP contribution in [0.25, 0.3) is 11.1 Å². The van der Waals surface area contributed by atoms with E-state index in [0.717, 1.165) is 36.0 Å². The maximum absolute atomic E-state index is 12.8. The summed E-state index contributed by atoms with van der Waals surface area (Å²) in [5.41, 5.74) is 9.38. The van der Waals surface area contributed by atoms with E-state index in [1.165, 1.54) is 0 Å². The van der Waals surface area contributed by atoms with Gasteiger partial charge in [0.2, 0.25) is 5.91 Å². The highest BCUT2D eigenvalue weighted by atomic mass is 16.4. The summed E-state index contributed by atoms with van der Waals surface area (Å²) in [6.45, 7) is 2.14. The van der Waals surface area contributed by atoms with E-state index in [1.54, 1.807) is 0 Å². The molecule has 5 N–H and O–H groups in total. The zero-order valence-corrected chi connectivity index (χ0v) is 18.5. The minimum absolute atomic E-state index is 0.0546. The second kappa shape index (κ2) is 11.8. The van der Waals surface area contributed by atoms with Gasteiger partial charge in [0.05, 0.1) is 0 Å².